The van der Waals surface area contributed by atoms with Crippen molar-refractivity contribution in [2.24, 2.45) is 5.10 Å². The molecule has 9 heteroatoms. The zero-order valence-electron chi connectivity index (χ0n) is 11.4. The molecule has 1 heterocycles. The number of aryl methyl sites for hydroxylation is 1. The first-order valence-electron chi connectivity index (χ1n) is 5.82. The zero-order chi connectivity index (χ0) is 15.6. The number of aromatic nitrogens is 2. The van der Waals surface area contributed by atoms with Crippen LogP contribution in [0.4, 0.5) is 5.95 Å². The molecule has 8 nitrogen and oxygen atoms in total. The van der Waals surface area contributed by atoms with Crippen molar-refractivity contribution in [3.05, 3.63) is 35.7 Å². The molecular weight excluding hydrogens is 296 g/mol. The Morgan fingerprint density at radius 2 is 2.19 bits per heavy atom. The third-order valence-electron chi connectivity index (χ3n) is 2.63. The molecule has 0 unspecified atom stereocenters. The van der Waals surface area contributed by atoms with Crippen LogP contribution in [0.1, 0.15) is 11.3 Å². The van der Waals surface area contributed by atoms with Crippen LogP contribution >= 0.6 is 0 Å². The fraction of sp³-hybridized carbons (Fsp3) is 0.167. The molecule has 112 valence electrons. The van der Waals surface area contributed by atoms with E-state index in [4.69, 9.17) is 10.5 Å². The van der Waals surface area contributed by atoms with Crippen LogP contribution in [0.3, 0.4) is 0 Å². The summed E-state index contributed by atoms with van der Waals surface area (Å²) in [6.45, 7) is 1.77. The lowest BCUT2D eigenvalue weighted by Gasteiger charge is -2.06. The highest BCUT2D eigenvalue weighted by atomic mass is 32.2. The number of nitrogens with two attached hydrogens (primary N) is 1. The molecule has 0 saturated heterocycles. The maximum Gasteiger partial charge on any atom is 0.298 e. The standard InChI is InChI=1S/C12H14N4O4S/c1-8-7-16(12(13)15-8)14-6-9-3-4-10(20-2)11(5-9)21(17,18)19/h3-7H,1-2H3,(H2,13,15)(H,17,18,19). The Bertz CT molecular complexity index is 796. The van der Waals surface area contributed by atoms with Gasteiger partial charge in [0.1, 0.15) is 10.6 Å². The predicted molar refractivity (Wildman–Crippen MR) is 77.2 cm³/mol. The Morgan fingerprint density at radius 1 is 1.48 bits per heavy atom. The second-order valence-corrected chi connectivity index (χ2v) is 5.60. The summed E-state index contributed by atoms with van der Waals surface area (Å²) in [5.74, 6) is 0.264. The third kappa shape index (κ3) is 3.38. The number of nitrogen functional groups attached to an aromatic ring is 1. The second-order valence-electron chi connectivity index (χ2n) is 4.21. The SMILES string of the molecule is COc1ccc(C=Nn2cc(C)nc2N)cc1S(=O)(=O)O. The molecule has 0 radical (unpaired) electrons. The molecule has 21 heavy (non-hydrogen) atoms. The van der Waals surface area contributed by atoms with Gasteiger partial charge < -0.3 is 10.5 Å². The van der Waals surface area contributed by atoms with Gasteiger partial charge in [0, 0.05) is 0 Å². The lowest BCUT2D eigenvalue weighted by molar-refractivity contribution is 0.397. The molecule has 0 aliphatic heterocycles. The smallest absolute Gasteiger partial charge is 0.298 e. The van der Waals surface area contributed by atoms with Gasteiger partial charge in [-0.3, -0.25) is 4.55 Å². The Morgan fingerprint density at radius 3 is 2.71 bits per heavy atom. The van der Waals surface area contributed by atoms with E-state index in [2.05, 4.69) is 10.1 Å². The molecule has 1 aromatic heterocycles. The van der Waals surface area contributed by atoms with Crippen molar-refractivity contribution >= 4 is 22.3 Å². The highest BCUT2D eigenvalue weighted by Crippen LogP contribution is 2.24. The molecule has 0 bridgehead atoms. The van der Waals surface area contributed by atoms with Gasteiger partial charge in [0.05, 0.1) is 25.2 Å². The quantitative estimate of drug-likeness (QED) is 0.640. The molecule has 0 atom stereocenters. The van der Waals surface area contributed by atoms with E-state index in [1.54, 1.807) is 19.2 Å². The topological polar surface area (TPSA) is 120 Å². The Labute approximate surface area is 121 Å². The third-order valence-corrected chi connectivity index (χ3v) is 3.51. The van der Waals surface area contributed by atoms with Gasteiger partial charge in [-0.25, -0.2) is 9.66 Å². The van der Waals surface area contributed by atoms with E-state index in [0.29, 0.717) is 11.3 Å². The number of imidazole rings is 1. The molecule has 0 aliphatic carbocycles. The zero-order valence-corrected chi connectivity index (χ0v) is 12.2. The normalized spacial score (nSPS) is 12.0. The molecular formula is C12H14N4O4S. The summed E-state index contributed by atoms with van der Waals surface area (Å²) in [6, 6.07) is 4.27. The van der Waals surface area contributed by atoms with E-state index in [-0.39, 0.29) is 16.6 Å². The fourth-order valence-corrected chi connectivity index (χ4v) is 2.39. The van der Waals surface area contributed by atoms with Gasteiger partial charge in [0.15, 0.2) is 0 Å². The predicted octanol–water partition coefficient (Wildman–Crippen LogP) is 0.911. The molecule has 3 N–H and O–H groups in total. The molecule has 0 aliphatic rings. The van der Waals surface area contributed by atoms with Crippen LogP contribution in [0.15, 0.2) is 34.4 Å². The largest absolute Gasteiger partial charge is 0.495 e. The Kier molecular flexibility index (Phi) is 3.96. The van der Waals surface area contributed by atoms with Crippen LogP contribution in [0.5, 0.6) is 5.75 Å². The van der Waals surface area contributed by atoms with E-state index in [1.165, 1.54) is 30.1 Å². The summed E-state index contributed by atoms with van der Waals surface area (Å²) < 4.78 is 38.0. The molecule has 2 aromatic rings. The van der Waals surface area contributed by atoms with Gasteiger partial charge in [-0.1, -0.05) is 0 Å². The summed E-state index contributed by atoms with van der Waals surface area (Å²) in [4.78, 5) is 3.65. The van der Waals surface area contributed by atoms with Crippen molar-refractivity contribution in [1.29, 1.82) is 0 Å². The van der Waals surface area contributed by atoms with Crippen molar-refractivity contribution in [3.63, 3.8) is 0 Å². The molecule has 0 spiro atoms. The minimum absolute atomic E-state index is 0.0487. The van der Waals surface area contributed by atoms with Crippen molar-refractivity contribution < 1.29 is 17.7 Å². The van der Waals surface area contributed by atoms with E-state index < -0.39 is 10.1 Å². The summed E-state index contributed by atoms with van der Waals surface area (Å²) >= 11 is 0. The number of benzene rings is 1. The van der Waals surface area contributed by atoms with Crippen molar-refractivity contribution in [2.75, 3.05) is 12.8 Å². The molecule has 2 rings (SSSR count). The maximum atomic E-state index is 11.3. The van der Waals surface area contributed by atoms with Gasteiger partial charge in [-0.05, 0) is 30.7 Å². The minimum Gasteiger partial charge on any atom is -0.495 e. The van der Waals surface area contributed by atoms with Crippen LogP contribution in [0.2, 0.25) is 0 Å². The first-order valence-corrected chi connectivity index (χ1v) is 7.26. The molecule has 0 saturated carbocycles. The average Bonchev–Trinajstić information content (AvgIpc) is 2.73. The molecule has 0 amide bonds. The number of nitrogens with zero attached hydrogens (tertiary/aromatic N) is 3. The monoisotopic (exact) mass is 310 g/mol. The van der Waals surface area contributed by atoms with Gasteiger partial charge in [0.2, 0.25) is 5.95 Å². The number of rotatable bonds is 4. The average molecular weight is 310 g/mol. The number of anilines is 1. The Balaban J connectivity index is 2.40. The van der Waals surface area contributed by atoms with Gasteiger partial charge >= 0.3 is 0 Å². The summed E-state index contributed by atoms with van der Waals surface area (Å²) in [7, 11) is -3.07. The number of hydrogen-bond acceptors (Lipinski definition) is 6. The molecule has 0 fully saturated rings. The van der Waals surface area contributed by atoms with E-state index in [9.17, 15) is 13.0 Å². The van der Waals surface area contributed by atoms with Crippen molar-refractivity contribution in [2.45, 2.75) is 11.8 Å². The van der Waals surface area contributed by atoms with Gasteiger partial charge in [0.25, 0.3) is 10.1 Å². The first kappa shape index (κ1) is 15.0. The number of methoxy groups -OCH3 is 1. The highest BCUT2D eigenvalue weighted by molar-refractivity contribution is 7.86. The van der Waals surface area contributed by atoms with Crippen LogP contribution in [0, 0.1) is 6.92 Å². The molecule has 1 aromatic carbocycles. The van der Waals surface area contributed by atoms with Gasteiger partial charge in [-0.15, -0.1) is 0 Å². The van der Waals surface area contributed by atoms with E-state index in [0.717, 1.165) is 0 Å². The fourth-order valence-electron chi connectivity index (χ4n) is 1.70. The Hall–Kier alpha value is -2.39. The van der Waals surface area contributed by atoms with Crippen molar-refractivity contribution in [3.8, 4) is 5.75 Å². The van der Waals surface area contributed by atoms with Crippen LogP contribution in [-0.4, -0.2) is 36.0 Å². The van der Waals surface area contributed by atoms with Crippen LogP contribution in [-0.2, 0) is 10.1 Å². The first-order chi connectivity index (χ1) is 9.81. The van der Waals surface area contributed by atoms with E-state index in [1.807, 2.05) is 0 Å². The summed E-state index contributed by atoms with van der Waals surface area (Å²) in [5, 5.41) is 4.06. The lowest BCUT2D eigenvalue weighted by Crippen LogP contribution is -2.03. The second kappa shape index (κ2) is 5.54. The van der Waals surface area contributed by atoms with Crippen molar-refractivity contribution in [1.82, 2.24) is 9.66 Å². The highest BCUT2D eigenvalue weighted by Gasteiger charge is 2.16. The number of ether oxygens (including phenoxy) is 1. The number of hydrogen-bond donors (Lipinski definition) is 2. The van der Waals surface area contributed by atoms with Gasteiger partial charge in [-0.2, -0.15) is 13.5 Å². The van der Waals surface area contributed by atoms with Crippen LogP contribution < -0.4 is 10.5 Å². The summed E-state index contributed by atoms with van der Waals surface area (Å²) in [5.41, 5.74) is 6.79. The van der Waals surface area contributed by atoms with Crippen LogP contribution in [0.25, 0.3) is 0 Å². The lowest BCUT2D eigenvalue weighted by atomic mass is 10.2. The maximum absolute atomic E-state index is 11.3. The minimum atomic E-state index is -4.39. The summed E-state index contributed by atoms with van der Waals surface area (Å²) in [6.07, 6.45) is 3.02. The van der Waals surface area contributed by atoms with E-state index >= 15 is 0 Å².